The Balaban J connectivity index is 2.65. The molecule has 0 aliphatic carbocycles. The van der Waals surface area contributed by atoms with Crippen LogP contribution in [0.2, 0.25) is 5.02 Å². The number of ether oxygens (including phenoxy) is 2. The highest BCUT2D eigenvalue weighted by molar-refractivity contribution is 6.31. The topological polar surface area (TPSA) is 102 Å². The van der Waals surface area contributed by atoms with Crippen molar-refractivity contribution in [2.45, 2.75) is 25.5 Å². The Morgan fingerprint density at radius 1 is 1.33 bits per heavy atom. The smallest absolute Gasteiger partial charge is 0.326 e. The lowest BCUT2D eigenvalue weighted by molar-refractivity contribution is -0.142. The lowest BCUT2D eigenvalue weighted by Gasteiger charge is -2.21. The number of nitriles is 1. The van der Waals surface area contributed by atoms with Gasteiger partial charge in [-0.1, -0.05) is 11.6 Å². The maximum Gasteiger partial charge on any atom is 0.326 e. The van der Waals surface area contributed by atoms with E-state index in [0.717, 1.165) is 4.57 Å². The lowest BCUT2D eigenvalue weighted by Crippen LogP contribution is -2.32. The number of carboxylic acids is 1. The first-order chi connectivity index (χ1) is 12.8. The minimum atomic E-state index is -1.16. The first-order valence-electron chi connectivity index (χ1n) is 8.08. The third-order valence-electron chi connectivity index (χ3n) is 4.23. The third-order valence-corrected chi connectivity index (χ3v) is 4.47. The second-order valence-corrected chi connectivity index (χ2v) is 6.38. The van der Waals surface area contributed by atoms with Crippen LogP contribution in [0.15, 0.2) is 35.3 Å². The molecule has 1 aromatic carbocycles. The van der Waals surface area contributed by atoms with Crippen LogP contribution in [-0.2, 0) is 9.53 Å². The fourth-order valence-corrected chi connectivity index (χ4v) is 2.90. The average Bonchev–Trinajstić information content (AvgIpc) is 2.65. The number of hydrogen-bond donors (Lipinski definition) is 1. The molecule has 0 aliphatic rings. The van der Waals surface area contributed by atoms with Crippen LogP contribution in [0.4, 0.5) is 0 Å². The van der Waals surface area contributed by atoms with Crippen LogP contribution in [0, 0.1) is 11.3 Å². The quantitative estimate of drug-likeness (QED) is 0.779. The van der Waals surface area contributed by atoms with Crippen LogP contribution >= 0.6 is 11.6 Å². The van der Waals surface area contributed by atoms with Gasteiger partial charge in [0, 0.05) is 35.7 Å². The largest absolute Gasteiger partial charge is 0.495 e. The summed E-state index contributed by atoms with van der Waals surface area (Å²) in [4.78, 5) is 24.4. The number of methoxy groups -OCH3 is 2. The van der Waals surface area contributed by atoms with Gasteiger partial charge in [0.1, 0.15) is 11.8 Å². The summed E-state index contributed by atoms with van der Waals surface area (Å²) in [5, 5.41) is 19.3. The van der Waals surface area contributed by atoms with E-state index >= 15 is 0 Å². The molecular weight excluding hydrogens is 372 g/mol. The van der Waals surface area contributed by atoms with Gasteiger partial charge in [-0.15, -0.1) is 0 Å². The minimum absolute atomic E-state index is 0.106. The standard InChI is InChI=1S/C19H19ClN2O5/c1-11(26-2)6-16(19(24)25)22-10-17(27-3)15(8-18(22)23)14-7-13(20)5-4-12(14)9-21/h4-5,7-8,10-11,16H,6H2,1-3H3,(H,24,25)/t11-,16?/m1/s1. The zero-order chi connectivity index (χ0) is 20.1. The molecule has 0 bridgehead atoms. The maximum absolute atomic E-state index is 12.7. The van der Waals surface area contributed by atoms with Crippen LogP contribution in [-0.4, -0.2) is 36.0 Å². The molecule has 0 saturated carbocycles. The Morgan fingerprint density at radius 3 is 2.59 bits per heavy atom. The number of nitrogens with zero attached hydrogens (tertiary/aromatic N) is 2. The number of hydrogen-bond acceptors (Lipinski definition) is 5. The molecule has 1 N–H and O–H groups in total. The number of carboxylic acid groups (broad SMARTS) is 1. The van der Waals surface area contributed by atoms with Crippen LogP contribution in [0.1, 0.15) is 24.9 Å². The molecule has 0 spiro atoms. The lowest BCUT2D eigenvalue weighted by atomic mass is 10.00. The first-order valence-corrected chi connectivity index (χ1v) is 8.46. The van der Waals surface area contributed by atoms with Gasteiger partial charge in [-0.25, -0.2) is 4.79 Å². The van der Waals surface area contributed by atoms with E-state index in [2.05, 4.69) is 0 Å². The fraction of sp³-hybridized carbons (Fsp3) is 0.316. The molecule has 1 aromatic heterocycles. The molecule has 0 amide bonds. The van der Waals surface area contributed by atoms with Crippen molar-refractivity contribution in [3.8, 4) is 22.9 Å². The predicted octanol–water partition coefficient (Wildman–Crippen LogP) is 3.10. The average molecular weight is 391 g/mol. The Labute approximate surface area is 161 Å². The highest BCUT2D eigenvalue weighted by Crippen LogP contribution is 2.33. The molecule has 2 atom stereocenters. The second kappa shape index (κ2) is 8.71. The normalized spacial score (nSPS) is 12.9. The number of halogens is 1. The van der Waals surface area contributed by atoms with Gasteiger partial charge in [-0.05, 0) is 25.1 Å². The minimum Gasteiger partial charge on any atom is -0.495 e. The molecule has 0 aliphatic heterocycles. The van der Waals surface area contributed by atoms with Crippen LogP contribution in [0.5, 0.6) is 5.75 Å². The van der Waals surface area contributed by atoms with Crippen molar-refractivity contribution in [2.24, 2.45) is 0 Å². The molecule has 0 fully saturated rings. The van der Waals surface area contributed by atoms with Crippen LogP contribution in [0.25, 0.3) is 11.1 Å². The van der Waals surface area contributed by atoms with Crippen LogP contribution in [0.3, 0.4) is 0 Å². The number of pyridine rings is 1. The Morgan fingerprint density at radius 2 is 2.04 bits per heavy atom. The van der Waals surface area contributed by atoms with E-state index in [9.17, 15) is 20.0 Å². The molecular formula is C19H19ClN2O5. The van der Waals surface area contributed by atoms with Crippen molar-refractivity contribution in [2.75, 3.05) is 14.2 Å². The highest BCUT2D eigenvalue weighted by Gasteiger charge is 2.25. The maximum atomic E-state index is 12.7. The molecule has 8 heteroatoms. The Bertz CT molecular complexity index is 948. The number of benzene rings is 1. The van der Waals surface area contributed by atoms with Gasteiger partial charge >= 0.3 is 5.97 Å². The van der Waals surface area contributed by atoms with E-state index in [1.165, 1.54) is 26.5 Å². The molecule has 2 aromatic rings. The van der Waals surface area contributed by atoms with Gasteiger partial charge in [0.05, 0.1) is 31.0 Å². The molecule has 0 saturated heterocycles. The van der Waals surface area contributed by atoms with Crippen molar-refractivity contribution in [1.29, 1.82) is 5.26 Å². The van der Waals surface area contributed by atoms with Crippen molar-refractivity contribution in [3.05, 3.63) is 51.4 Å². The summed E-state index contributed by atoms with van der Waals surface area (Å²) in [6.45, 7) is 1.72. The Kier molecular flexibility index (Phi) is 6.61. The molecule has 1 heterocycles. The van der Waals surface area contributed by atoms with E-state index in [-0.39, 0.29) is 18.3 Å². The van der Waals surface area contributed by atoms with Crippen molar-refractivity contribution in [1.82, 2.24) is 4.57 Å². The van der Waals surface area contributed by atoms with Gasteiger partial charge in [0.25, 0.3) is 5.56 Å². The summed E-state index contributed by atoms with van der Waals surface area (Å²) in [6, 6.07) is 6.85. The summed E-state index contributed by atoms with van der Waals surface area (Å²) in [5.74, 6) is -0.902. The highest BCUT2D eigenvalue weighted by atomic mass is 35.5. The van der Waals surface area contributed by atoms with E-state index < -0.39 is 17.6 Å². The summed E-state index contributed by atoms with van der Waals surface area (Å²) in [6.07, 6.45) is 1.08. The zero-order valence-electron chi connectivity index (χ0n) is 15.1. The SMILES string of the molecule is COc1cn(C(C[C@@H](C)OC)C(=O)O)c(=O)cc1-c1cc(Cl)ccc1C#N. The summed E-state index contributed by atoms with van der Waals surface area (Å²) >= 11 is 6.03. The van der Waals surface area contributed by atoms with Gasteiger partial charge in [-0.3, -0.25) is 9.36 Å². The van der Waals surface area contributed by atoms with Crippen molar-refractivity contribution >= 4 is 17.6 Å². The van der Waals surface area contributed by atoms with Crippen molar-refractivity contribution in [3.63, 3.8) is 0 Å². The predicted molar refractivity (Wildman–Crippen MR) is 100 cm³/mol. The third kappa shape index (κ3) is 4.48. The van der Waals surface area contributed by atoms with E-state index in [0.29, 0.717) is 21.7 Å². The van der Waals surface area contributed by atoms with E-state index in [1.54, 1.807) is 25.1 Å². The summed E-state index contributed by atoms with van der Waals surface area (Å²) < 4.78 is 11.6. The molecule has 27 heavy (non-hydrogen) atoms. The van der Waals surface area contributed by atoms with E-state index in [1.807, 2.05) is 6.07 Å². The summed E-state index contributed by atoms with van der Waals surface area (Å²) in [7, 11) is 2.87. The van der Waals surface area contributed by atoms with Gasteiger partial charge in [-0.2, -0.15) is 5.26 Å². The van der Waals surface area contributed by atoms with Gasteiger partial charge < -0.3 is 14.6 Å². The van der Waals surface area contributed by atoms with Gasteiger partial charge in [0.15, 0.2) is 0 Å². The molecule has 2 rings (SSSR count). The number of aromatic nitrogens is 1. The molecule has 142 valence electrons. The number of rotatable bonds is 7. The second-order valence-electron chi connectivity index (χ2n) is 5.94. The Hall–Kier alpha value is -2.82. The number of aliphatic carboxylic acids is 1. The van der Waals surface area contributed by atoms with Crippen LogP contribution < -0.4 is 10.3 Å². The monoisotopic (exact) mass is 390 g/mol. The van der Waals surface area contributed by atoms with Gasteiger partial charge in [0.2, 0.25) is 0 Å². The van der Waals surface area contributed by atoms with E-state index in [4.69, 9.17) is 21.1 Å². The summed E-state index contributed by atoms with van der Waals surface area (Å²) in [5.41, 5.74) is 0.577. The first kappa shape index (κ1) is 20.5. The fourth-order valence-electron chi connectivity index (χ4n) is 2.73. The number of carbonyl (C=O) groups is 1. The molecule has 1 unspecified atom stereocenters. The van der Waals surface area contributed by atoms with Crippen molar-refractivity contribution < 1.29 is 19.4 Å². The zero-order valence-corrected chi connectivity index (χ0v) is 15.9. The molecule has 0 radical (unpaired) electrons. The molecule has 7 nitrogen and oxygen atoms in total.